The predicted molar refractivity (Wildman–Crippen MR) is 109 cm³/mol. The summed E-state index contributed by atoms with van der Waals surface area (Å²) in [7, 11) is 3.57. The lowest BCUT2D eigenvalue weighted by atomic mass is 10.0. The highest BCUT2D eigenvalue weighted by molar-refractivity contribution is 5.78. The van der Waals surface area contributed by atoms with Crippen LogP contribution in [0.2, 0.25) is 0 Å². The Hall–Kier alpha value is -1.92. The number of hydrogen-bond donors (Lipinski definition) is 1. The summed E-state index contributed by atoms with van der Waals surface area (Å²) in [6.07, 6.45) is 0.973. The lowest BCUT2D eigenvalue weighted by Gasteiger charge is -2.23. The second-order valence-electron chi connectivity index (χ2n) is 7.83. The van der Waals surface area contributed by atoms with E-state index in [4.69, 9.17) is 0 Å². The Balaban J connectivity index is 1.81. The molecule has 1 unspecified atom stereocenters. The summed E-state index contributed by atoms with van der Waals surface area (Å²) < 4.78 is 0. The van der Waals surface area contributed by atoms with Crippen LogP contribution in [0.1, 0.15) is 36.1 Å². The summed E-state index contributed by atoms with van der Waals surface area (Å²) in [6.45, 7) is 10.5. The summed E-state index contributed by atoms with van der Waals surface area (Å²) in [5, 5.41) is 3.11. The summed E-state index contributed by atoms with van der Waals surface area (Å²) >= 11 is 0. The van der Waals surface area contributed by atoms with E-state index in [1.54, 1.807) is 19.0 Å². The second kappa shape index (κ2) is 9.85. The summed E-state index contributed by atoms with van der Waals surface area (Å²) in [5.74, 6) is 0.182. The van der Waals surface area contributed by atoms with Crippen LogP contribution in [0.15, 0.2) is 18.2 Å². The fraction of sp³-hybridized carbons (Fsp3) is 0.619. The Labute approximate surface area is 163 Å². The van der Waals surface area contributed by atoms with Crippen LogP contribution < -0.4 is 5.32 Å². The number of benzene rings is 1. The molecule has 2 amide bonds. The van der Waals surface area contributed by atoms with Crippen LogP contribution in [0.5, 0.6) is 0 Å². The molecule has 1 fully saturated rings. The van der Waals surface area contributed by atoms with E-state index < -0.39 is 0 Å². The van der Waals surface area contributed by atoms with E-state index in [1.165, 1.54) is 11.1 Å². The van der Waals surface area contributed by atoms with Crippen LogP contribution in [0, 0.1) is 13.8 Å². The molecule has 1 aromatic rings. The Morgan fingerprint density at radius 2 is 1.67 bits per heavy atom. The molecule has 0 spiro atoms. The van der Waals surface area contributed by atoms with E-state index >= 15 is 0 Å². The van der Waals surface area contributed by atoms with Gasteiger partial charge in [-0.3, -0.25) is 19.4 Å². The van der Waals surface area contributed by atoms with Gasteiger partial charge in [0.05, 0.1) is 19.1 Å². The Bertz CT molecular complexity index is 660. The van der Waals surface area contributed by atoms with Gasteiger partial charge in [0.2, 0.25) is 11.8 Å². The van der Waals surface area contributed by atoms with Crippen molar-refractivity contribution in [2.45, 2.75) is 33.2 Å². The number of rotatable bonds is 6. The van der Waals surface area contributed by atoms with Crippen LogP contribution in [0.25, 0.3) is 0 Å². The van der Waals surface area contributed by atoms with Crippen molar-refractivity contribution in [3.63, 3.8) is 0 Å². The largest absolute Gasteiger partial charge is 0.348 e. The van der Waals surface area contributed by atoms with Gasteiger partial charge in [0.15, 0.2) is 0 Å². The zero-order valence-corrected chi connectivity index (χ0v) is 17.4. The van der Waals surface area contributed by atoms with Crippen molar-refractivity contribution >= 4 is 11.8 Å². The fourth-order valence-corrected chi connectivity index (χ4v) is 3.28. The van der Waals surface area contributed by atoms with Gasteiger partial charge in [-0.1, -0.05) is 18.2 Å². The number of hydrogen-bond acceptors (Lipinski definition) is 4. The van der Waals surface area contributed by atoms with Gasteiger partial charge in [0.1, 0.15) is 0 Å². The highest BCUT2D eigenvalue weighted by Crippen LogP contribution is 2.16. The monoisotopic (exact) mass is 374 g/mol. The van der Waals surface area contributed by atoms with Gasteiger partial charge in [-0.05, 0) is 57.0 Å². The number of carbonyl (C=O) groups is 2. The lowest BCUT2D eigenvalue weighted by molar-refractivity contribution is -0.130. The third-order valence-electron chi connectivity index (χ3n) is 5.31. The normalized spacial score (nSPS) is 17.2. The average molecular weight is 375 g/mol. The smallest absolute Gasteiger partial charge is 0.236 e. The van der Waals surface area contributed by atoms with E-state index in [1.807, 2.05) is 6.92 Å². The zero-order valence-electron chi connectivity index (χ0n) is 17.4. The van der Waals surface area contributed by atoms with Crippen molar-refractivity contribution in [3.8, 4) is 0 Å². The van der Waals surface area contributed by atoms with Gasteiger partial charge >= 0.3 is 0 Å². The van der Waals surface area contributed by atoms with E-state index in [-0.39, 0.29) is 17.9 Å². The van der Waals surface area contributed by atoms with E-state index in [9.17, 15) is 9.59 Å². The van der Waals surface area contributed by atoms with Crippen LogP contribution in [0.4, 0.5) is 0 Å². The first-order valence-corrected chi connectivity index (χ1v) is 9.77. The van der Waals surface area contributed by atoms with Crippen molar-refractivity contribution < 1.29 is 9.59 Å². The third-order valence-corrected chi connectivity index (χ3v) is 5.31. The molecule has 0 aliphatic carbocycles. The molecule has 1 heterocycles. The SMILES string of the molecule is Cc1ccc(C(C)NC(=O)CN2CCCN(CC(=O)N(C)C)CC2)cc1C. The van der Waals surface area contributed by atoms with Crippen molar-refractivity contribution in [2.75, 3.05) is 53.4 Å². The second-order valence-corrected chi connectivity index (χ2v) is 7.83. The van der Waals surface area contributed by atoms with Gasteiger partial charge < -0.3 is 10.2 Å². The minimum atomic E-state index is -0.00186. The first-order valence-electron chi connectivity index (χ1n) is 9.77. The van der Waals surface area contributed by atoms with Crippen molar-refractivity contribution in [1.29, 1.82) is 0 Å². The van der Waals surface area contributed by atoms with Crippen LogP contribution in [0.3, 0.4) is 0 Å². The Morgan fingerprint density at radius 3 is 2.26 bits per heavy atom. The number of nitrogens with zero attached hydrogens (tertiary/aromatic N) is 3. The molecule has 1 aliphatic heterocycles. The van der Waals surface area contributed by atoms with E-state index in [2.05, 4.69) is 47.2 Å². The van der Waals surface area contributed by atoms with Crippen LogP contribution >= 0.6 is 0 Å². The molecule has 6 heteroatoms. The minimum absolute atomic E-state index is 0.00186. The molecule has 150 valence electrons. The number of nitrogens with one attached hydrogen (secondary N) is 1. The number of carbonyl (C=O) groups excluding carboxylic acids is 2. The van der Waals surface area contributed by atoms with E-state index in [0.29, 0.717) is 13.1 Å². The maximum Gasteiger partial charge on any atom is 0.236 e. The summed E-state index contributed by atoms with van der Waals surface area (Å²) in [4.78, 5) is 30.4. The molecule has 2 rings (SSSR count). The van der Waals surface area contributed by atoms with Crippen LogP contribution in [-0.2, 0) is 9.59 Å². The standard InChI is InChI=1S/C21H34N4O2/c1-16-7-8-19(13-17(16)2)18(3)22-20(26)14-24-9-6-10-25(12-11-24)15-21(27)23(4)5/h7-8,13,18H,6,9-12,14-15H2,1-5H3,(H,22,26). The first-order chi connectivity index (χ1) is 12.8. The van der Waals surface area contributed by atoms with Crippen molar-refractivity contribution in [3.05, 3.63) is 34.9 Å². The molecule has 0 radical (unpaired) electrons. The minimum Gasteiger partial charge on any atom is -0.348 e. The van der Waals surface area contributed by atoms with Crippen molar-refractivity contribution in [2.24, 2.45) is 0 Å². The zero-order chi connectivity index (χ0) is 20.0. The van der Waals surface area contributed by atoms with Crippen LogP contribution in [-0.4, -0.2) is 79.9 Å². The molecule has 0 saturated carbocycles. The molecule has 0 bridgehead atoms. The highest BCUT2D eigenvalue weighted by atomic mass is 16.2. The molecule has 1 saturated heterocycles. The van der Waals surface area contributed by atoms with Gasteiger partial charge in [-0.25, -0.2) is 0 Å². The lowest BCUT2D eigenvalue weighted by Crippen LogP contribution is -2.41. The third kappa shape index (κ3) is 6.63. The Kier molecular flexibility index (Phi) is 7.80. The molecule has 1 aliphatic rings. The quantitative estimate of drug-likeness (QED) is 0.821. The van der Waals surface area contributed by atoms with Gasteiger partial charge in [0.25, 0.3) is 0 Å². The molecule has 1 atom stereocenters. The molecule has 1 aromatic carbocycles. The summed E-state index contributed by atoms with van der Waals surface area (Å²) in [6, 6.07) is 6.33. The number of aryl methyl sites for hydroxylation is 2. The van der Waals surface area contributed by atoms with Gasteiger partial charge in [0, 0.05) is 27.2 Å². The number of amides is 2. The maximum atomic E-state index is 12.5. The summed E-state index contributed by atoms with van der Waals surface area (Å²) in [5.41, 5.74) is 3.64. The molecular weight excluding hydrogens is 340 g/mol. The molecular formula is C21H34N4O2. The van der Waals surface area contributed by atoms with Gasteiger partial charge in [-0.2, -0.15) is 0 Å². The number of likely N-dealkylation sites (N-methyl/N-ethyl adjacent to an activating group) is 1. The van der Waals surface area contributed by atoms with Crippen molar-refractivity contribution in [1.82, 2.24) is 20.0 Å². The molecule has 6 nitrogen and oxygen atoms in total. The van der Waals surface area contributed by atoms with Gasteiger partial charge in [-0.15, -0.1) is 0 Å². The highest BCUT2D eigenvalue weighted by Gasteiger charge is 2.20. The van der Waals surface area contributed by atoms with E-state index in [0.717, 1.165) is 38.2 Å². The fourth-order valence-electron chi connectivity index (χ4n) is 3.28. The molecule has 27 heavy (non-hydrogen) atoms. The molecule has 1 N–H and O–H groups in total. The predicted octanol–water partition coefficient (Wildman–Crippen LogP) is 1.58. The topological polar surface area (TPSA) is 55.9 Å². The first kappa shape index (κ1) is 21.4. The Morgan fingerprint density at radius 1 is 1.04 bits per heavy atom. The molecule has 0 aromatic heterocycles. The maximum absolute atomic E-state index is 12.5. The average Bonchev–Trinajstić information content (AvgIpc) is 2.82.